The predicted molar refractivity (Wildman–Crippen MR) is 41.8 cm³/mol. The Hall–Kier alpha value is -0.870. The van der Waals surface area contributed by atoms with E-state index in [4.69, 9.17) is 4.84 Å². The number of hydroxylamine groups is 1. The summed E-state index contributed by atoms with van der Waals surface area (Å²) in [6, 6.07) is 1.83. The van der Waals surface area contributed by atoms with E-state index < -0.39 is 0 Å². The van der Waals surface area contributed by atoms with Gasteiger partial charge in [-0.05, 0) is 18.9 Å². The van der Waals surface area contributed by atoms with E-state index in [1.807, 2.05) is 6.07 Å². The largest absolute Gasteiger partial charge is 0.302 e. The molecule has 2 N–H and O–H groups in total. The topological polar surface area (TPSA) is 49.9 Å². The minimum atomic E-state index is 0.889. The summed E-state index contributed by atoms with van der Waals surface area (Å²) in [7, 11) is 0. The lowest BCUT2D eigenvalue weighted by atomic mass is 10.3. The predicted octanol–water partition coefficient (Wildman–Crippen LogP) is 0.711. The van der Waals surface area contributed by atoms with Crippen molar-refractivity contribution < 1.29 is 4.84 Å². The molecule has 1 saturated heterocycles. The Labute approximate surface area is 65.9 Å². The van der Waals surface area contributed by atoms with E-state index in [2.05, 4.69) is 15.7 Å². The maximum atomic E-state index is 4.82. The van der Waals surface area contributed by atoms with Crippen LogP contribution in [0.1, 0.15) is 12.8 Å². The molecule has 2 rings (SSSR count). The van der Waals surface area contributed by atoms with Crippen molar-refractivity contribution in [1.82, 2.24) is 15.7 Å². The minimum Gasteiger partial charge on any atom is -0.302 e. The Morgan fingerprint density at radius 2 is 2.36 bits per heavy atom. The van der Waals surface area contributed by atoms with Gasteiger partial charge in [-0.2, -0.15) is 5.10 Å². The number of hydrogen-bond acceptors (Lipinski definition) is 3. The van der Waals surface area contributed by atoms with E-state index in [1.54, 1.807) is 12.4 Å². The highest BCUT2D eigenvalue weighted by molar-refractivity contribution is 4.72. The Morgan fingerprint density at radius 1 is 1.36 bits per heavy atom. The first-order chi connectivity index (χ1) is 5.50. The van der Waals surface area contributed by atoms with E-state index in [0.29, 0.717) is 0 Å². The summed E-state index contributed by atoms with van der Waals surface area (Å²) in [6.07, 6.45) is 5.94. The van der Waals surface area contributed by atoms with Gasteiger partial charge in [0.05, 0.1) is 6.61 Å². The van der Waals surface area contributed by atoms with Gasteiger partial charge in [-0.15, -0.1) is 0 Å². The van der Waals surface area contributed by atoms with E-state index >= 15 is 0 Å². The van der Waals surface area contributed by atoms with E-state index in [0.717, 1.165) is 13.2 Å². The molecule has 1 aromatic heterocycles. The summed E-state index contributed by atoms with van der Waals surface area (Å²) in [6.45, 7) is 1.92. The van der Waals surface area contributed by atoms with Gasteiger partial charge in [0, 0.05) is 18.9 Å². The molecule has 1 aliphatic heterocycles. The van der Waals surface area contributed by atoms with E-state index in [-0.39, 0.29) is 0 Å². The summed E-state index contributed by atoms with van der Waals surface area (Å²) in [4.78, 5) is 4.82. The molecule has 0 atom stereocenters. The number of H-pyrrole nitrogens is 1. The van der Waals surface area contributed by atoms with Gasteiger partial charge in [0.1, 0.15) is 0 Å². The van der Waals surface area contributed by atoms with E-state index in [9.17, 15) is 0 Å². The molecule has 4 nitrogen and oxygen atoms in total. The minimum absolute atomic E-state index is 0.889. The normalized spacial score (nSPS) is 16.7. The van der Waals surface area contributed by atoms with Gasteiger partial charge in [-0.25, -0.2) is 5.48 Å². The first-order valence-corrected chi connectivity index (χ1v) is 3.78. The van der Waals surface area contributed by atoms with Crippen molar-refractivity contribution in [1.29, 1.82) is 0 Å². The second-order valence-electron chi connectivity index (χ2n) is 2.22. The van der Waals surface area contributed by atoms with Crippen LogP contribution in [0.3, 0.4) is 0 Å². The van der Waals surface area contributed by atoms with Crippen molar-refractivity contribution in [2.75, 3.05) is 13.2 Å². The maximum absolute atomic E-state index is 4.82. The third-order valence-corrected chi connectivity index (χ3v) is 1.28. The van der Waals surface area contributed by atoms with Crippen molar-refractivity contribution in [3.63, 3.8) is 0 Å². The van der Waals surface area contributed by atoms with Crippen LogP contribution in [0.4, 0.5) is 0 Å². The maximum Gasteiger partial charge on any atom is 0.0682 e. The van der Waals surface area contributed by atoms with Crippen LogP contribution in [0.25, 0.3) is 0 Å². The number of aromatic amines is 1. The van der Waals surface area contributed by atoms with Gasteiger partial charge in [0.25, 0.3) is 0 Å². The second-order valence-corrected chi connectivity index (χ2v) is 2.22. The molecule has 1 aromatic rings. The molecule has 4 heteroatoms. The Morgan fingerprint density at radius 3 is 2.55 bits per heavy atom. The number of nitrogens with zero attached hydrogens (tertiary/aromatic N) is 1. The molecular weight excluding hydrogens is 142 g/mol. The highest BCUT2D eigenvalue weighted by Gasteiger charge is 1.93. The summed E-state index contributed by atoms with van der Waals surface area (Å²) in [5.74, 6) is 0. The van der Waals surface area contributed by atoms with Crippen molar-refractivity contribution in [2.24, 2.45) is 0 Å². The van der Waals surface area contributed by atoms with Crippen LogP contribution in [0.15, 0.2) is 18.5 Å². The van der Waals surface area contributed by atoms with Gasteiger partial charge >= 0.3 is 0 Å². The van der Waals surface area contributed by atoms with Crippen molar-refractivity contribution in [2.45, 2.75) is 12.8 Å². The lowest BCUT2D eigenvalue weighted by Crippen LogP contribution is -2.22. The molecule has 11 heavy (non-hydrogen) atoms. The zero-order valence-electron chi connectivity index (χ0n) is 6.42. The van der Waals surface area contributed by atoms with Crippen LogP contribution >= 0.6 is 0 Å². The van der Waals surface area contributed by atoms with E-state index in [1.165, 1.54) is 12.8 Å². The van der Waals surface area contributed by atoms with Gasteiger partial charge in [0.15, 0.2) is 0 Å². The summed E-state index contributed by atoms with van der Waals surface area (Å²) in [5.41, 5.74) is 2.78. The average molecular weight is 155 g/mol. The molecule has 0 aliphatic carbocycles. The number of aromatic nitrogens is 2. The third kappa shape index (κ3) is 4.52. The molecule has 2 heterocycles. The lowest BCUT2D eigenvalue weighted by Gasteiger charge is -2.09. The van der Waals surface area contributed by atoms with Crippen LogP contribution in [-0.4, -0.2) is 23.3 Å². The molecule has 62 valence electrons. The average Bonchev–Trinajstić information content (AvgIpc) is 2.64. The Balaban J connectivity index is 0.000000112. The van der Waals surface area contributed by atoms with Crippen LogP contribution in [0, 0.1) is 0 Å². The van der Waals surface area contributed by atoms with Crippen LogP contribution in [-0.2, 0) is 4.84 Å². The van der Waals surface area contributed by atoms with Crippen molar-refractivity contribution >= 4 is 0 Å². The fourth-order valence-corrected chi connectivity index (χ4v) is 0.731. The van der Waals surface area contributed by atoms with Crippen LogP contribution in [0.5, 0.6) is 0 Å². The summed E-state index contributed by atoms with van der Waals surface area (Å²) in [5, 5.41) is 6.21. The zero-order chi connectivity index (χ0) is 7.78. The SMILES string of the molecule is C1CCONC1.c1cn[nH]c1. The third-order valence-electron chi connectivity index (χ3n) is 1.28. The van der Waals surface area contributed by atoms with Gasteiger partial charge in [-0.1, -0.05) is 0 Å². The first-order valence-electron chi connectivity index (χ1n) is 3.78. The molecular formula is C7H13N3O. The summed E-state index contributed by atoms with van der Waals surface area (Å²) < 4.78 is 0. The number of nitrogens with one attached hydrogen (secondary N) is 2. The monoisotopic (exact) mass is 155 g/mol. The number of hydrogen-bond donors (Lipinski definition) is 2. The van der Waals surface area contributed by atoms with Gasteiger partial charge in [0.2, 0.25) is 0 Å². The molecule has 0 unspecified atom stereocenters. The molecule has 1 fully saturated rings. The number of rotatable bonds is 0. The molecule has 0 radical (unpaired) electrons. The molecule has 0 bridgehead atoms. The summed E-state index contributed by atoms with van der Waals surface area (Å²) >= 11 is 0. The van der Waals surface area contributed by atoms with Crippen molar-refractivity contribution in [3.05, 3.63) is 18.5 Å². The van der Waals surface area contributed by atoms with Gasteiger partial charge < -0.3 is 4.84 Å². The molecule has 0 spiro atoms. The first kappa shape index (κ1) is 8.23. The van der Waals surface area contributed by atoms with Crippen molar-refractivity contribution in [3.8, 4) is 0 Å². The highest BCUT2D eigenvalue weighted by Crippen LogP contribution is 1.91. The van der Waals surface area contributed by atoms with Crippen LogP contribution < -0.4 is 5.48 Å². The molecule has 1 aliphatic rings. The fourth-order valence-electron chi connectivity index (χ4n) is 0.731. The molecule has 0 aromatic carbocycles. The standard InChI is InChI=1S/C4H9NO.C3H4N2/c1-2-4-6-5-3-1;1-2-4-5-3-1/h5H,1-4H2;1-3H,(H,4,5). The fraction of sp³-hybridized carbons (Fsp3) is 0.571. The Kier molecular flexibility index (Phi) is 4.40. The quantitative estimate of drug-likeness (QED) is 0.580. The highest BCUT2D eigenvalue weighted by atomic mass is 16.6. The van der Waals surface area contributed by atoms with Crippen LogP contribution in [0.2, 0.25) is 0 Å². The Bertz CT molecular complexity index is 120. The lowest BCUT2D eigenvalue weighted by molar-refractivity contribution is 0.0128. The molecule has 0 saturated carbocycles. The zero-order valence-corrected chi connectivity index (χ0v) is 6.42. The van der Waals surface area contributed by atoms with Gasteiger partial charge in [-0.3, -0.25) is 5.10 Å². The molecule has 0 amide bonds. The second kappa shape index (κ2) is 5.88. The smallest absolute Gasteiger partial charge is 0.0682 e.